The molecule has 2 bridgehead atoms. The molecule has 260 valence electrons. The molecule has 1 heterocycles. The fourth-order valence-electron chi connectivity index (χ4n) is 11.4. The number of ketones is 1. The van der Waals surface area contributed by atoms with Crippen LogP contribution in [0.4, 0.5) is 0 Å². The van der Waals surface area contributed by atoms with Crippen LogP contribution < -0.4 is 0 Å². The minimum Gasteiger partial charge on any atom is -0.481 e. The molecule has 0 aromatic carbocycles. The van der Waals surface area contributed by atoms with Gasteiger partial charge in [0.2, 0.25) is 0 Å². The van der Waals surface area contributed by atoms with E-state index in [1.54, 1.807) is 0 Å². The van der Waals surface area contributed by atoms with Gasteiger partial charge in [0.05, 0.1) is 25.7 Å². The standard InChI is InChI=1S/C39H62O7/c1-22(2)24(5)35(9)15-16-37(11)26-13-14-29-36(10)20-44-21-39(29,27(26)17-30(41)38(37,12)31(35)33(42)43)18-28(46-25(6)40)32(36)45-19-34(7,8)23(3)4/h17,22-24,26,28-29,31-32H,13-16,18-21H2,1-12H3,(H,42,43)/t24-,26+,28-,29+,31-,32+,35-,36+,37-,38+,39+/m1/s1. The van der Waals surface area contributed by atoms with Crippen LogP contribution in [0, 0.1) is 68.0 Å². The fourth-order valence-corrected chi connectivity index (χ4v) is 11.4. The highest BCUT2D eigenvalue weighted by molar-refractivity contribution is 6.00. The van der Waals surface area contributed by atoms with E-state index in [1.807, 2.05) is 13.0 Å². The van der Waals surface area contributed by atoms with Crippen LogP contribution in [0.5, 0.6) is 0 Å². The van der Waals surface area contributed by atoms with Gasteiger partial charge in [-0.2, -0.15) is 0 Å². The third-order valence-corrected chi connectivity index (χ3v) is 15.5. The molecule has 5 rings (SSSR count). The van der Waals surface area contributed by atoms with Gasteiger partial charge in [-0.15, -0.1) is 0 Å². The SMILES string of the molecule is CC(=O)O[C@@H]1C[C@@]23COC[C@@](C)([C@@H]2CC[C@H]2C3=CC(=O)[C@@]3(C)[C@H](C(=O)O)[C@@](C)([C@H](C)C(C)C)CC[C@]23C)[C@H]1OCC(C)(C)C(C)C. The molecule has 0 unspecified atom stereocenters. The number of ether oxygens (including phenoxy) is 3. The van der Waals surface area contributed by atoms with Gasteiger partial charge in [0.25, 0.3) is 0 Å². The quantitative estimate of drug-likeness (QED) is 0.270. The highest BCUT2D eigenvalue weighted by atomic mass is 16.6. The number of hydrogen-bond acceptors (Lipinski definition) is 6. The van der Waals surface area contributed by atoms with Crippen LogP contribution >= 0.6 is 0 Å². The van der Waals surface area contributed by atoms with Crippen LogP contribution in [0.1, 0.15) is 115 Å². The topological polar surface area (TPSA) is 99.1 Å². The largest absolute Gasteiger partial charge is 0.481 e. The Balaban J connectivity index is 1.62. The number of carbonyl (C=O) groups excluding carboxylic acids is 2. The van der Waals surface area contributed by atoms with E-state index in [-0.39, 0.29) is 41.0 Å². The molecular formula is C39H62O7. The van der Waals surface area contributed by atoms with Crippen LogP contribution in [0.25, 0.3) is 0 Å². The van der Waals surface area contributed by atoms with Crippen molar-refractivity contribution in [3.8, 4) is 0 Å². The van der Waals surface area contributed by atoms with Gasteiger partial charge in [0.1, 0.15) is 12.2 Å². The van der Waals surface area contributed by atoms with Crippen molar-refractivity contribution in [2.24, 2.45) is 68.0 Å². The number of rotatable bonds is 8. The molecule has 1 N–H and O–H groups in total. The van der Waals surface area contributed by atoms with Crippen molar-refractivity contribution < 1.29 is 33.7 Å². The van der Waals surface area contributed by atoms with Gasteiger partial charge in [0, 0.05) is 23.2 Å². The minimum absolute atomic E-state index is 0.0495. The molecule has 4 fully saturated rings. The molecule has 3 saturated carbocycles. The highest BCUT2D eigenvalue weighted by Gasteiger charge is 2.74. The molecule has 0 spiro atoms. The normalized spacial score (nSPS) is 44.5. The summed E-state index contributed by atoms with van der Waals surface area (Å²) in [6.07, 6.45) is 5.04. The van der Waals surface area contributed by atoms with Gasteiger partial charge in [-0.3, -0.25) is 14.4 Å². The average Bonchev–Trinajstić information content (AvgIpc) is 2.93. The minimum atomic E-state index is -1.04. The molecular weight excluding hydrogens is 580 g/mol. The summed E-state index contributed by atoms with van der Waals surface area (Å²) in [5.74, 6) is -0.911. The molecule has 46 heavy (non-hydrogen) atoms. The molecule has 7 nitrogen and oxygen atoms in total. The number of carboxylic acid groups (broad SMARTS) is 1. The van der Waals surface area contributed by atoms with E-state index in [1.165, 1.54) is 6.92 Å². The van der Waals surface area contributed by atoms with E-state index in [2.05, 4.69) is 69.2 Å². The fraction of sp³-hybridized carbons (Fsp3) is 0.872. The van der Waals surface area contributed by atoms with Crippen LogP contribution in [0.2, 0.25) is 0 Å². The van der Waals surface area contributed by atoms with E-state index in [9.17, 15) is 19.5 Å². The maximum atomic E-state index is 14.8. The van der Waals surface area contributed by atoms with Crippen molar-refractivity contribution in [3.63, 3.8) is 0 Å². The smallest absolute Gasteiger partial charge is 0.308 e. The van der Waals surface area contributed by atoms with Gasteiger partial charge >= 0.3 is 11.9 Å². The molecule has 5 aliphatic rings. The van der Waals surface area contributed by atoms with E-state index < -0.39 is 45.1 Å². The second-order valence-corrected chi connectivity index (χ2v) is 18.5. The van der Waals surface area contributed by atoms with Gasteiger partial charge < -0.3 is 19.3 Å². The molecule has 4 aliphatic carbocycles. The summed E-state index contributed by atoms with van der Waals surface area (Å²) < 4.78 is 19.5. The summed E-state index contributed by atoms with van der Waals surface area (Å²) in [6, 6.07) is 0. The summed E-state index contributed by atoms with van der Waals surface area (Å²) in [5, 5.41) is 10.9. The van der Waals surface area contributed by atoms with Crippen molar-refractivity contribution in [3.05, 3.63) is 11.6 Å². The van der Waals surface area contributed by atoms with Gasteiger partial charge in [-0.1, -0.05) is 81.7 Å². The van der Waals surface area contributed by atoms with Gasteiger partial charge in [-0.25, -0.2) is 0 Å². The maximum absolute atomic E-state index is 14.8. The second kappa shape index (κ2) is 11.4. The number of fused-ring (bicyclic) bond motifs is 3. The zero-order valence-corrected chi connectivity index (χ0v) is 30.7. The maximum Gasteiger partial charge on any atom is 0.308 e. The van der Waals surface area contributed by atoms with Gasteiger partial charge in [-0.05, 0) is 84.0 Å². The van der Waals surface area contributed by atoms with Crippen LogP contribution in [-0.4, -0.2) is 54.9 Å². The van der Waals surface area contributed by atoms with E-state index >= 15 is 0 Å². The first-order chi connectivity index (χ1) is 21.1. The Morgan fingerprint density at radius 1 is 1.04 bits per heavy atom. The molecule has 7 heteroatoms. The first-order valence-electron chi connectivity index (χ1n) is 18.0. The zero-order chi connectivity index (χ0) is 34.4. The summed E-state index contributed by atoms with van der Waals surface area (Å²) in [6.45, 7) is 26.9. The Kier molecular flexibility index (Phi) is 8.83. The van der Waals surface area contributed by atoms with Crippen LogP contribution in [0.15, 0.2) is 11.6 Å². The third-order valence-electron chi connectivity index (χ3n) is 15.5. The monoisotopic (exact) mass is 642 g/mol. The summed E-state index contributed by atoms with van der Waals surface area (Å²) >= 11 is 0. The molecule has 0 amide bonds. The number of carbonyl (C=O) groups is 3. The zero-order valence-electron chi connectivity index (χ0n) is 30.7. The number of aliphatic carboxylic acids is 1. The van der Waals surface area contributed by atoms with Crippen LogP contribution in [-0.2, 0) is 28.6 Å². The number of esters is 1. The predicted octanol–water partition coefficient (Wildman–Crippen LogP) is 7.75. The summed E-state index contributed by atoms with van der Waals surface area (Å²) in [7, 11) is 0. The number of hydrogen-bond donors (Lipinski definition) is 1. The second-order valence-electron chi connectivity index (χ2n) is 18.5. The van der Waals surface area contributed by atoms with Crippen LogP contribution in [0.3, 0.4) is 0 Å². The van der Waals surface area contributed by atoms with Crippen molar-refractivity contribution in [1.82, 2.24) is 0 Å². The van der Waals surface area contributed by atoms with E-state index in [0.29, 0.717) is 38.1 Å². The highest BCUT2D eigenvalue weighted by Crippen LogP contribution is 2.74. The van der Waals surface area contributed by atoms with Crippen molar-refractivity contribution in [2.45, 2.75) is 127 Å². The Labute approximate surface area is 278 Å². The number of carboxylic acids is 1. The van der Waals surface area contributed by atoms with Crippen molar-refractivity contribution >= 4 is 17.7 Å². The van der Waals surface area contributed by atoms with E-state index in [0.717, 1.165) is 31.3 Å². The lowest BCUT2D eigenvalue weighted by molar-refractivity contribution is -0.270. The summed E-state index contributed by atoms with van der Waals surface area (Å²) in [5.41, 5.74) is -1.90. The van der Waals surface area contributed by atoms with Gasteiger partial charge in [0.15, 0.2) is 5.78 Å². The Morgan fingerprint density at radius 2 is 1.70 bits per heavy atom. The Hall–Kier alpha value is -1.73. The summed E-state index contributed by atoms with van der Waals surface area (Å²) in [4.78, 5) is 40.8. The predicted molar refractivity (Wildman–Crippen MR) is 178 cm³/mol. The lowest BCUT2D eigenvalue weighted by atomic mass is 9.34. The van der Waals surface area contributed by atoms with E-state index in [4.69, 9.17) is 14.2 Å². The number of allylic oxidation sites excluding steroid dienone is 1. The van der Waals surface area contributed by atoms with Crippen molar-refractivity contribution in [2.75, 3.05) is 19.8 Å². The lowest BCUT2D eigenvalue weighted by Crippen LogP contribution is -2.71. The van der Waals surface area contributed by atoms with Crippen molar-refractivity contribution in [1.29, 1.82) is 0 Å². The third kappa shape index (κ3) is 4.82. The Morgan fingerprint density at radius 3 is 2.26 bits per heavy atom. The molecule has 1 saturated heterocycles. The first-order valence-corrected chi connectivity index (χ1v) is 18.0. The average molecular weight is 643 g/mol. The molecule has 11 atom stereocenters. The lowest BCUT2D eigenvalue weighted by Gasteiger charge is -2.70. The molecule has 0 aromatic rings. The molecule has 1 aliphatic heterocycles. The first kappa shape index (κ1) is 35.6. The Bertz CT molecular complexity index is 1280. The molecule has 0 radical (unpaired) electrons. The molecule has 0 aromatic heterocycles.